The Labute approximate surface area is 325 Å². The molecule has 13 nitrogen and oxygen atoms in total. The number of phosphoric acid groups is 1. The lowest BCUT2D eigenvalue weighted by molar-refractivity contribution is -0.220. The molecule has 0 heterocycles. The lowest BCUT2D eigenvalue weighted by Gasteiger charge is -2.41. The van der Waals surface area contributed by atoms with Gasteiger partial charge in [-0.25, -0.2) is 4.57 Å². The van der Waals surface area contributed by atoms with Crippen molar-refractivity contribution in [2.45, 2.75) is 230 Å². The average Bonchev–Trinajstić information content (AvgIpc) is 3.15. The van der Waals surface area contributed by atoms with Gasteiger partial charge >= 0.3 is 19.8 Å². The maximum absolute atomic E-state index is 12.8. The second kappa shape index (κ2) is 31.9. The molecule has 0 spiro atoms. The van der Waals surface area contributed by atoms with Crippen molar-refractivity contribution in [2.75, 3.05) is 13.2 Å². The number of esters is 2. The van der Waals surface area contributed by atoms with Gasteiger partial charge < -0.3 is 39.9 Å². The van der Waals surface area contributed by atoms with Gasteiger partial charge in [0.25, 0.3) is 0 Å². The maximum atomic E-state index is 12.8. The Hall–Kier alpha value is -1.15. The molecule has 0 radical (unpaired) electrons. The SMILES string of the molecule is CCCCCCCCCCCCCCCCC(=O)OC(COC(=O)CCCCCCCCCCCCC)COP(=O)(O)OC1C(O)C(O)C(O)C(O)C1O. The number of hydrogen-bond donors (Lipinski definition) is 6. The Balaban J connectivity index is 2.49. The first kappa shape index (κ1) is 50.9. The number of phosphoric ester groups is 1. The van der Waals surface area contributed by atoms with Crippen LogP contribution in [-0.2, 0) is 32.7 Å². The summed E-state index contributed by atoms with van der Waals surface area (Å²) in [5.74, 6) is -1.09. The summed E-state index contributed by atoms with van der Waals surface area (Å²) in [5.41, 5.74) is 0. The summed E-state index contributed by atoms with van der Waals surface area (Å²) in [4.78, 5) is 35.5. The summed E-state index contributed by atoms with van der Waals surface area (Å²) < 4.78 is 33.4. The molecule has 0 saturated heterocycles. The molecule has 6 atom stereocenters. The smallest absolute Gasteiger partial charge is 0.462 e. The fourth-order valence-corrected chi connectivity index (χ4v) is 7.67. The molecule has 0 amide bonds. The molecule has 0 aromatic rings. The largest absolute Gasteiger partial charge is 0.472 e. The van der Waals surface area contributed by atoms with E-state index in [1.807, 2.05) is 0 Å². The molecular weight excluding hydrogens is 719 g/mol. The summed E-state index contributed by atoms with van der Waals surface area (Å²) in [6.07, 6.45) is 16.0. The second-order valence-corrected chi connectivity index (χ2v) is 16.6. The highest BCUT2D eigenvalue weighted by atomic mass is 31.2. The molecular formula is C40H77O13P. The highest BCUT2D eigenvalue weighted by Gasteiger charge is 2.51. The first-order valence-electron chi connectivity index (χ1n) is 21.3. The summed E-state index contributed by atoms with van der Waals surface area (Å²) in [7, 11) is -5.10. The van der Waals surface area contributed by atoms with Gasteiger partial charge in [0.2, 0.25) is 0 Å². The van der Waals surface area contributed by atoms with Crippen molar-refractivity contribution in [3.63, 3.8) is 0 Å². The standard InChI is InChI=1S/C40H77O13P/c1-3-5-7-9-11-13-15-16-17-19-21-23-25-27-29-34(42)52-32(30-50-33(41)28-26-24-22-20-18-14-12-10-8-6-4-2)31-51-54(48,49)53-40-38(46)36(44)35(43)37(45)39(40)47/h32,35-40,43-47H,3-31H2,1-2H3,(H,48,49). The van der Waals surface area contributed by atoms with E-state index in [0.717, 1.165) is 38.5 Å². The first-order chi connectivity index (χ1) is 25.9. The van der Waals surface area contributed by atoms with E-state index in [1.165, 1.54) is 109 Å². The Morgan fingerprint density at radius 2 is 0.833 bits per heavy atom. The van der Waals surface area contributed by atoms with Gasteiger partial charge in [0.15, 0.2) is 6.10 Å². The van der Waals surface area contributed by atoms with Crippen molar-refractivity contribution >= 4 is 19.8 Å². The van der Waals surface area contributed by atoms with Gasteiger partial charge in [0.1, 0.15) is 43.2 Å². The molecule has 0 bridgehead atoms. The average molecular weight is 797 g/mol. The third-order valence-electron chi connectivity index (χ3n) is 10.2. The fraction of sp³-hybridized carbons (Fsp3) is 0.950. The number of carbonyl (C=O) groups is 2. The summed E-state index contributed by atoms with van der Waals surface area (Å²) in [6.45, 7) is 3.28. The Bertz CT molecular complexity index is 969. The predicted octanol–water partition coefficient (Wildman–Crippen LogP) is 7.33. The van der Waals surface area contributed by atoms with Crippen molar-refractivity contribution < 1.29 is 63.1 Å². The lowest BCUT2D eigenvalue weighted by atomic mass is 9.85. The van der Waals surface area contributed by atoms with Crippen LogP contribution in [0.25, 0.3) is 0 Å². The van der Waals surface area contributed by atoms with Gasteiger partial charge in [-0.2, -0.15) is 0 Å². The van der Waals surface area contributed by atoms with Crippen LogP contribution < -0.4 is 0 Å². The van der Waals surface area contributed by atoms with Crippen LogP contribution in [0.4, 0.5) is 0 Å². The summed E-state index contributed by atoms with van der Waals surface area (Å²) >= 11 is 0. The zero-order valence-corrected chi connectivity index (χ0v) is 34.4. The van der Waals surface area contributed by atoms with E-state index in [-0.39, 0.29) is 12.8 Å². The van der Waals surface area contributed by atoms with Crippen molar-refractivity contribution in [1.82, 2.24) is 0 Å². The molecule has 54 heavy (non-hydrogen) atoms. The molecule has 0 aromatic heterocycles. The highest BCUT2D eigenvalue weighted by molar-refractivity contribution is 7.47. The molecule has 14 heteroatoms. The monoisotopic (exact) mass is 797 g/mol. The van der Waals surface area contributed by atoms with E-state index in [4.69, 9.17) is 18.5 Å². The molecule has 1 saturated carbocycles. The number of aliphatic hydroxyl groups excluding tert-OH is 5. The van der Waals surface area contributed by atoms with E-state index in [2.05, 4.69) is 13.8 Å². The van der Waals surface area contributed by atoms with E-state index < -0.39 is 75.7 Å². The minimum Gasteiger partial charge on any atom is -0.462 e. The van der Waals surface area contributed by atoms with Crippen molar-refractivity contribution in [2.24, 2.45) is 0 Å². The van der Waals surface area contributed by atoms with Gasteiger partial charge in [-0.05, 0) is 12.8 Å². The zero-order chi connectivity index (χ0) is 40.0. The zero-order valence-electron chi connectivity index (χ0n) is 33.5. The van der Waals surface area contributed by atoms with E-state index in [1.54, 1.807) is 0 Å². The Morgan fingerprint density at radius 3 is 1.22 bits per heavy atom. The summed E-state index contributed by atoms with van der Waals surface area (Å²) in [5, 5.41) is 50.0. The number of hydrogen-bond acceptors (Lipinski definition) is 12. The summed E-state index contributed by atoms with van der Waals surface area (Å²) in [6, 6.07) is 0. The van der Waals surface area contributed by atoms with Crippen LogP contribution in [0.15, 0.2) is 0 Å². The molecule has 1 fully saturated rings. The van der Waals surface area contributed by atoms with Gasteiger partial charge in [0.05, 0.1) is 6.61 Å². The van der Waals surface area contributed by atoms with Gasteiger partial charge in [-0.1, -0.05) is 162 Å². The molecule has 0 aliphatic heterocycles. The van der Waals surface area contributed by atoms with Crippen molar-refractivity contribution in [1.29, 1.82) is 0 Å². The lowest BCUT2D eigenvalue weighted by Crippen LogP contribution is -2.64. The van der Waals surface area contributed by atoms with E-state index in [0.29, 0.717) is 12.8 Å². The maximum Gasteiger partial charge on any atom is 0.472 e. The van der Waals surface area contributed by atoms with E-state index in [9.17, 15) is 44.6 Å². The van der Waals surface area contributed by atoms with Crippen LogP contribution >= 0.6 is 7.82 Å². The Morgan fingerprint density at radius 1 is 0.500 bits per heavy atom. The normalized spacial score (nSPS) is 23.2. The molecule has 0 aromatic carbocycles. The number of ether oxygens (including phenoxy) is 2. The quantitative estimate of drug-likeness (QED) is 0.0211. The second-order valence-electron chi connectivity index (χ2n) is 15.2. The van der Waals surface area contributed by atoms with Gasteiger partial charge in [-0.15, -0.1) is 0 Å². The molecule has 1 aliphatic carbocycles. The van der Waals surface area contributed by atoms with Crippen molar-refractivity contribution in [3.05, 3.63) is 0 Å². The molecule has 6 N–H and O–H groups in total. The van der Waals surface area contributed by atoms with Crippen LogP contribution in [0.5, 0.6) is 0 Å². The number of unbranched alkanes of at least 4 members (excludes halogenated alkanes) is 23. The van der Waals surface area contributed by atoms with Crippen molar-refractivity contribution in [3.8, 4) is 0 Å². The molecule has 1 rings (SSSR count). The third kappa shape index (κ3) is 24.5. The third-order valence-corrected chi connectivity index (χ3v) is 11.2. The van der Waals surface area contributed by atoms with Crippen LogP contribution in [0.1, 0.15) is 187 Å². The van der Waals surface area contributed by atoms with Crippen LogP contribution in [0, 0.1) is 0 Å². The Kier molecular flexibility index (Phi) is 30.0. The molecule has 320 valence electrons. The minimum absolute atomic E-state index is 0.104. The number of aliphatic hydroxyl groups is 5. The highest BCUT2D eigenvalue weighted by Crippen LogP contribution is 2.47. The van der Waals surface area contributed by atoms with Gasteiger partial charge in [-0.3, -0.25) is 18.6 Å². The predicted molar refractivity (Wildman–Crippen MR) is 208 cm³/mol. The van der Waals surface area contributed by atoms with Crippen LogP contribution in [0.2, 0.25) is 0 Å². The van der Waals surface area contributed by atoms with Gasteiger partial charge in [0, 0.05) is 12.8 Å². The fourth-order valence-electron chi connectivity index (χ4n) is 6.70. The topological polar surface area (TPSA) is 210 Å². The van der Waals surface area contributed by atoms with E-state index >= 15 is 0 Å². The molecule has 1 aliphatic rings. The minimum atomic E-state index is -5.10. The number of carbonyl (C=O) groups excluding carboxylic acids is 2. The van der Waals surface area contributed by atoms with Crippen LogP contribution in [0.3, 0.4) is 0 Å². The first-order valence-corrected chi connectivity index (χ1v) is 22.8. The number of rotatable bonds is 35. The molecule has 6 unspecified atom stereocenters. The van der Waals surface area contributed by atoms with Crippen LogP contribution in [-0.4, -0.2) is 98.3 Å².